The topological polar surface area (TPSA) is 15.7 Å². The number of benzene rings is 3. The number of hydrogen-bond donors (Lipinski definition) is 0. The Morgan fingerprint density at radius 1 is 0.903 bits per heavy atom. The highest BCUT2D eigenvalue weighted by molar-refractivity contribution is 9.10. The Bertz CT molecular complexity index is 1020. The molecule has 160 valence electrons. The van der Waals surface area contributed by atoms with E-state index in [4.69, 9.17) is 28.6 Å². The number of ether oxygens (including phenoxy) is 1. The molecule has 1 saturated heterocycles. The predicted molar refractivity (Wildman–Crippen MR) is 135 cm³/mol. The lowest BCUT2D eigenvalue weighted by Crippen LogP contribution is -2.48. The Morgan fingerprint density at radius 3 is 2.29 bits per heavy atom. The molecule has 0 saturated carbocycles. The summed E-state index contributed by atoms with van der Waals surface area (Å²) in [6.07, 6.45) is 0. The van der Waals surface area contributed by atoms with E-state index in [1.807, 2.05) is 42.5 Å². The van der Waals surface area contributed by atoms with Gasteiger partial charge in [-0.3, -0.25) is 4.90 Å². The normalized spacial score (nSPS) is 14.5. The number of halogens is 2. The van der Waals surface area contributed by atoms with Crippen molar-refractivity contribution in [2.45, 2.75) is 13.2 Å². The quantitative estimate of drug-likeness (QED) is 0.364. The molecule has 3 aromatic carbocycles. The first-order chi connectivity index (χ1) is 15.1. The first-order valence-corrected chi connectivity index (χ1v) is 11.9. The van der Waals surface area contributed by atoms with Crippen LogP contribution in [0.25, 0.3) is 0 Å². The zero-order valence-electron chi connectivity index (χ0n) is 17.1. The molecule has 0 aliphatic carbocycles. The molecule has 0 aromatic heterocycles. The Hall–Kier alpha value is -1.92. The van der Waals surface area contributed by atoms with Crippen molar-refractivity contribution in [1.29, 1.82) is 0 Å². The van der Waals surface area contributed by atoms with Gasteiger partial charge in [-0.15, -0.1) is 0 Å². The maximum absolute atomic E-state index is 6.50. The van der Waals surface area contributed by atoms with E-state index in [1.54, 1.807) is 0 Å². The van der Waals surface area contributed by atoms with Crippen LogP contribution in [0.5, 0.6) is 5.75 Å². The molecule has 1 fully saturated rings. The SMILES string of the molecule is S=C(c1ccc(OCc2ccc(Br)cc2)c(Cl)c1)N1CCN(Cc2ccccc2)CC1. The number of thiocarbonyl (C=S) groups is 1. The van der Waals surface area contributed by atoms with Crippen molar-refractivity contribution in [1.82, 2.24) is 9.80 Å². The molecule has 3 aromatic rings. The average molecular weight is 516 g/mol. The van der Waals surface area contributed by atoms with Gasteiger partial charge in [0, 0.05) is 42.8 Å². The number of rotatable bonds is 6. The van der Waals surface area contributed by atoms with Gasteiger partial charge in [0.05, 0.1) is 5.02 Å². The Kier molecular flexibility index (Phi) is 7.62. The number of hydrogen-bond acceptors (Lipinski definition) is 3. The van der Waals surface area contributed by atoms with Crippen LogP contribution >= 0.6 is 39.7 Å². The Balaban J connectivity index is 1.31. The molecule has 6 heteroatoms. The van der Waals surface area contributed by atoms with Crippen LogP contribution in [0.1, 0.15) is 16.7 Å². The van der Waals surface area contributed by atoms with Gasteiger partial charge in [0.15, 0.2) is 0 Å². The smallest absolute Gasteiger partial charge is 0.138 e. The van der Waals surface area contributed by atoms with E-state index in [-0.39, 0.29) is 0 Å². The highest BCUT2D eigenvalue weighted by Gasteiger charge is 2.20. The van der Waals surface area contributed by atoms with Gasteiger partial charge in [0.2, 0.25) is 0 Å². The number of nitrogens with zero attached hydrogens (tertiary/aromatic N) is 2. The summed E-state index contributed by atoms with van der Waals surface area (Å²) in [5.74, 6) is 0.670. The molecule has 1 aliphatic heterocycles. The van der Waals surface area contributed by atoms with Gasteiger partial charge < -0.3 is 9.64 Å². The maximum atomic E-state index is 6.50. The van der Waals surface area contributed by atoms with Gasteiger partial charge in [-0.05, 0) is 41.5 Å². The highest BCUT2D eigenvalue weighted by atomic mass is 79.9. The zero-order chi connectivity index (χ0) is 21.6. The molecule has 0 bridgehead atoms. The standard InChI is InChI=1S/C25H24BrClN2OS/c26-22-9-6-20(7-10-22)18-30-24-11-8-21(16-23(24)27)25(31)29-14-12-28(13-15-29)17-19-4-2-1-3-5-19/h1-11,16H,12-15,17-18H2. The van der Waals surface area contributed by atoms with E-state index in [9.17, 15) is 0 Å². The van der Waals surface area contributed by atoms with Gasteiger partial charge in [-0.2, -0.15) is 0 Å². The summed E-state index contributed by atoms with van der Waals surface area (Å²) in [7, 11) is 0. The van der Waals surface area contributed by atoms with Crippen molar-refractivity contribution in [2.24, 2.45) is 0 Å². The third-order valence-corrected chi connectivity index (χ3v) is 6.71. The fourth-order valence-electron chi connectivity index (χ4n) is 3.63. The van der Waals surface area contributed by atoms with Crippen LogP contribution in [0.2, 0.25) is 5.02 Å². The van der Waals surface area contributed by atoms with E-state index < -0.39 is 0 Å². The molecule has 3 nitrogen and oxygen atoms in total. The van der Waals surface area contributed by atoms with Crippen molar-refractivity contribution in [3.05, 3.63) is 99.0 Å². The molecular weight excluding hydrogens is 492 g/mol. The van der Waals surface area contributed by atoms with Crippen molar-refractivity contribution in [3.63, 3.8) is 0 Å². The summed E-state index contributed by atoms with van der Waals surface area (Å²) >= 11 is 15.7. The van der Waals surface area contributed by atoms with Crippen LogP contribution in [-0.4, -0.2) is 41.0 Å². The monoisotopic (exact) mass is 514 g/mol. The fraction of sp³-hybridized carbons (Fsp3) is 0.240. The van der Waals surface area contributed by atoms with Crippen LogP contribution in [0.3, 0.4) is 0 Å². The fourth-order valence-corrected chi connectivity index (χ4v) is 4.43. The highest BCUT2D eigenvalue weighted by Crippen LogP contribution is 2.27. The zero-order valence-corrected chi connectivity index (χ0v) is 20.3. The first kappa shape index (κ1) is 22.3. The molecule has 1 heterocycles. The minimum Gasteiger partial charge on any atom is -0.487 e. The minimum atomic E-state index is 0.472. The van der Waals surface area contributed by atoms with E-state index in [0.717, 1.165) is 53.3 Å². The molecule has 0 atom stereocenters. The summed E-state index contributed by atoms with van der Waals surface area (Å²) in [5, 5.41) is 0.583. The lowest BCUT2D eigenvalue weighted by molar-refractivity contribution is 0.177. The van der Waals surface area contributed by atoms with Crippen molar-refractivity contribution in [2.75, 3.05) is 26.2 Å². The first-order valence-electron chi connectivity index (χ1n) is 10.3. The van der Waals surface area contributed by atoms with E-state index in [2.05, 4.69) is 56.1 Å². The molecule has 0 N–H and O–H groups in total. The molecule has 4 rings (SSSR count). The minimum absolute atomic E-state index is 0.472. The summed E-state index contributed by atoms with van der Waals surface area (Å²) in [6.45, 7) is 5.29. The summed E-state index contributed by atoms with van der Waals surface area (Å²) in [6, 6.07) is 24.5. The van der Waals surface area contributed by atoms with Crippen molar-refractivity contribution in [3.8, 4) is 5.75 Å². The number of piperazine rings is 1. The predicted octanol–water partition coefficient (Wildman–Crippen LogP) is 6.17. The molecule has 0 spiro atoms. The molecule has 31 heavy (non-hydrogen) atoms. The van der Waals surface area contributed by atoms with E-state index in [0.29, 0.717) is 17.4 Å². The molecule has 0 unspecified atom stereocenters. The molecule has 1 aliphatic rings. The van der Waals surface area contributed by atoms with Crippen LogP contribution in [-0.2, 0) is 13.2 Å². The van der Waals surface area contributed by atoms with Crippen LogP contribution < -0.4 is 4.74 Å². The third kappa shape index (κ3) is 6.07. The van der Waals surface area contributed by atoms with E-state index >= 15 is 0 Å². The molecular formula is C25H24BrClN2OS. The second-order valence-corrected chi connectivity index (χ2v) is 9.32. The van der Waals surface area contributed by atoms with E-state index in [1.165, 1.54) is 5.56 Å². The second-order valence-electron chi connectivity index (χ2n) is 7.61. The van der Waals surface area contributed by atoms with Gasteiger partial charge in [0.25, 0.3) is 0 Å². The maximum Gasteiger partial charge on any atom is 0.138 e. The summed E-state index contributed by atoms with van der Waals surface area (Å²) in [4.78, 5) is 5.59. The molecule has 0 radical (unpaired) electrons. The van der Waals surface area contributed by atoms with Gasteiger partial charge in [-0.1, -0.05) is 82.2 Å². The summed E-state index contributed by atoms with van der Waals surface area (Å²) < 4.78 is 6.95. The van der Waals surface area contributed by atoms with Crippen LogP contribution in [0.15, 0.2) is 77.3 Å². The second kappa shape index (κ2) is 10.6. The van der Waals surface area contributed by atoms with Crippen molar-refractivity contribution < 1.29 is 4.74 Å². The lowest BCUT2D eigenvalue weighted by atomic mass is 10.1. The lowest BCUT2D eigenvalue weighted by Gasteiger charge is -2.36. The van der Waals surface area contributed by atoms with Gasteiger partial charge in [-0.25, -0.2) is 0 Å². The summed E-state index contributed by atoms with van der Waals surface area (Å²) in [5.41, 5.74) is 3.41. The third-order valence-electron chi connectivity index (χ3n) is 5.39. The largest absolute Gasteiger partial charge is 0.487 e. The van der Waals surface area contributed by atoms with Gasteiger partial charge in [0.1, 0.15) is 17.3 Å². The van der Waals surface area contributed by atoms with Crippen molar-refractivity contribution >= 4 is 44.7 Å². The Labute approximate surface area is 202 Å². The van der Waals surface area contributed by atoms with Crippen LogP contribution in [0, 0.1) is 0 Å². The van der Waals surface area contributed by atoms with Gasteiger partial charge >= 0.3 is 0 Å². The average Bonchev–Trinajstić information content (AvgIpc) is 2.80. The molecule has 0 amide bonds. The Morgan fingerprint density at radius 2 is 1.61 bits per heavy atom. The van der Waals surface area contributed by atoms with Crippen LogP contribution in [0.4, 0.5) is 0 Å².